The van der Waals surface area contributed by atoms with Crippen LogP contribution < -0.4 is 10.1 Å². The average molecular weight is 414 g/mol. The zero-order valence-corrected chi connectivity index (χ0v) is 17.3. The molecule has 3 aromatic rings. The first-order valence-corrected chi connectivity index (χ1v) is 10.1. The van der Waals surface area contributed by atoms with Gasteiger partial charge in [-0.25, -0.2) is 4.98 Å². The number of para-hydroxylation sites is 1. The summed E-state index contributed by atoms with van der Waals surface area (Å²) in [5.74, 6) is 1.71. The maximum Gasteiger partial charge on any atom is 0.227 e. The highest BCUT2D eigenvalue weighted by Gasteiger charge is 2.24. The molecular weight excluding hydrogens is 390 g/mol. The molecule has 0 spiro atoms. The van der Waals surface area contributed by atoms with E-state index in [2.05, 4.69) is 15.4 Å². The van der Waals surface area contributed by atoms with Gasteiger partial charge in [0.15, 0.2) is 5.65 Å². The van der Waals surface area contributed by atoms with Crippen LogP contribution in [0.1, 0.15) is 24.1 Å². The fourth-order valence-electron chi connectivity index (χ4n) is 3.77. The van der Waals surface area contributed by atoms with Crippen LogP contribution in [0, 0.1) is 6.92 Å². The van der Waals surface area contributed by atoms with E-state index in [1.807, 2.05) is 42.2 Å². The predicted octanol–water partition coefficient (Wildman–Crippen LogP) is 3.35. The highest BCUT2D eigenvalue weighted by molar-refractivity contribution is 6.29. The Kier molecular flexibility index (Phi) is 5.58. The van der Waals surface area contributed by atoms with Gasteiger partial charge in [-0.2, -0.15) is 9.61 Å². The van der Waals surface area contributed by atoms with Crippen molar-refractivity contribution in [1.82, 2.24) is 19.5 Å². The molecule has 1 aliphatic heterocycles. The number of piperidine rings is 1. The third kappa shape index (κ3) is 4.29. The Bertz CT molecular complexity index is 1030. The van der Waals surface area contributed by atoms with Gasteiger partial charge in [-0.15, -0.1) is 0 Å². The van der Waals surface area contributed by atoms with Crippen LogP contribution in [-0.4, -0.2) is 51.6 Å². The van der Waals surface area contributed by atoms with Crippen molar-refractivity contribution < 1.29 is 9.53 Å². The highest BCUT2D eigenvalue weighted by atomic mass is 35.5. The number of methoxy groups -OCH3 is 1. The summed E-state index contributed by atoms with van der Waals surface area (Å²) in [5.41, 5.74) is 2.53. The predicted molar refractivity (Wildman–Crippen MR) is 113 cm³/mol. The van der Waals surface area contributed by atoms with Crippen molar-refractivity contribution in [3.8, 4) is 5.75 Å². The maximum atomic E-state index is 12.7. The number of likely N-dealkylation sites (tertiary alicyclic amines) is 1. The Hall–Kier alpha value is -2.80. The number of rotatable bonds is 5. The van der Waals surface area contributed by atoms with Crippen molar-refractivity contribution in [2.75, 3.05) is 25.5 Å². The second kappa shape index (κ2) is 8.29. The normalized spacial score (nSPS) is 14.9. The van der Waals surface area contributed by atoms with E-state index in [9.17, 15) is 4.79 Å². The van der Waals surface area contributed by atoms with E-state index >= 15 is 0 Å². The fraction of sp³-hybridized carbons (Fsp3) is 0.381. The Morgan fingerprint density at radius 3 is 2.79 bits per heavy atom. The molecule has 0 saturated carbocycles. The summed E-state index contributed by atoms with van der Waals surface area (Å²) in [6.45, 7) is 3.36. The number of carbonyl (C=O) groups excluding carboxylic acids is 1. The van der Waals surface area contributed by atoms with Crippen molar-refractivity contribution in [3.05, 3.63) is 52.8 Å². The second-order valence-corrected chi connectivity index (χ2v) is 7.70. The van der Waals surface area contributed by atoms with E-state index in [1.165, 1.54) is 0 Å². The first-order chi connectivity index (χ1) is 14.0. The Morgan fingerprint density at radius 2 is 2.03 bits per heavy atom. The zero-order chi connectivity index (χ0) is 20.4. The molecule has 3 heterocycles. The number of hydrogen-bond donors (Lipinski definition) is 1. The zero-order valence-electron chi connectivity index (χ0n) is 16.6. The summed E-state index contributed by atoms with van der Waals surface area (Å²) in [4.78, 5) is 19.0. The smallest absolute Gasteiger partial charge is 0.227 e. The first-order valence-electron chi connectivity index (χ1n) is 9.72. The van der Waals surface area contributed by atoms with Crippen LogP contribution in [-0.2, 0) is 11.2 Å². The lowest BCUT2D eigenvalue weighted by molar-refractivity contribution is -0.131. The lowest BCUT2D eigenvalue weighted by Gasteiger charge is -2.33. The van der Waals surface area contributed by atoms with Crippen molar-refractivity contribution in [1.29, 1.82) is 0 Å². The van der Waals surface area contributed by atoms with Crippen LogP contribution in [0.3, 0.4) is 0 Å². The number of nitrogens with zero attached hydrogens (tertiary/aromatic N) is 4. The molecule has 1 N–H and O–H groups in total. The van der Waals surface area contributed by atoms with Gasteiger partial charge in [0.05, 0.1) is 19.2 Å². The standard InChI is InChI=1S/C21H24ClN5O2/c1-14-11-19-24-18(22)13-20(27(19)25-14)23-16-7-9-26(10-8-16)21(28)12-15-5-3-4-6-17(15)29-2/h3-6,11,13,16,23H,7-10,12H2,1-2H3. The van der Waals surface area contributed by atoms with Gasteiger partial charge in [0, 0.05) is 36.8 Å². The molecule has 0 radical (unpaired) electrons. The topological polar surface area (TPSA) is 71.8 Å². The molecular formula is C21H24ClN5O2. The molecule has 29 heavy (non-hydrogen) atoms. The number of ether oxygens (including phenoxy) is 1. The lowest BCUT2D eigenvalue weighted by Crippen LogP contribution is -2.43. The van der Waals surface area contributed by atoms with E-state index < -0.39 is 0 Å². The molecule has 0 bridgehead atoms. The van der Waals surface area contributed by atoms with Gasteiger partial charge in [-0.05, 0) is 25.8 Å². The molecule has 0 aliphatic carbocycles. The maximum absolute atomic E-state index is 12.7. The number of amides is 1. The monoisotopic (exact) mass is 413 g/mol. The summed E-state index contributed by atoms with van der Waals surface area (Å²) in [6, 6.07) is 11.6. The summed E-state index contributed by atoms with van der Waals surface area (Å²) in [5, 5.41) is 8.44. The van der Waals surface area contributed by atoms with Crippen molar-refractivity contribution in [2.45, 2.75) is 32.2 Å². The van der Waals surface area contributed by atoms with E-state index in [0.29, 0.717) is 24.7 Å². The van der Waals surface area contributed by atoms with Gasteiger partial charge in [0.1, 0.15) is 16.7 Å². The molecule has 1 fully saturated rings. The molecule has 7 nitrogen and oxygen atoms in total. The number of aromatic nitrogens is 3. The molecule has 152 valence electrons. The Balaban J connectivity index is 1.38. The number of nitrogens with one attached hydrogen (secondary N) is 1. The van der Waals surface area contributed by atoms with Crippen LogP contribution in [0.15, 0.2) is 36.4 Å². The molecule has 2 aromatic heterocycles. The van der Waals surface area contributed by atoms with Crippen molar-refractivity contribution in [2.24, 2.45) is 0 Å². The fourth-order valence-corrected chi connectivity index (χ4v) is 3.96. The van der Waals surface area contributed by atoms with Gasteiger partial charge in [-0.3, -0.25) is 4.79 Å². The summed E-state index contributed by atoms with van der Waals surface area (Å²) >= 11 is 6.16. The molecule has 1 amide bonds. The molecule has 1 aromatic carbocycles. The Morgan fingerprint density at radius 1 is 1.28 bits per heavy atom. The number of fused-ring (bicyclic) bond motifs is 1. The molecule has 1 saturated heterocycles. The third-order valence-corrected chi connectivity index (χ3v) is 5.45. The summed E-state index contributed by atoms with van der Waals surface area (Å²) in [7, 11) is 1.63. The van der Waals surface area contributed by atoms with Crippen molar-refractivity contribution in [3.63, 3.8) is 0 Å². The van der Waals surface area contributed by atoms with Crippen LogP contribution in [0.25, 0.3) is 5.65 Å². The Labute approximate surface area is 174 Å². The molecule has 0 atom stereocenters. The van der Waals surface area contributed by atoms with Gasteiger partial charge in [0.25, 0.3) is 0 Å². The quantitative estimate of drug-likeness (QED) is 0.649. The molecule has 0 unspecified atom stereocenters. The minimum absolute atomic E-state index is 0.130. The second-order valence-electron chi connectivity index (χ2n) is 7.31. The minimum atomic E-state index is 0.130. The SMILES string of the molecule is COc1ccccc1CC(=O)N1CCC(Nc2cc(Cl)nc3cc(C)nn23)CC1. The molecule has 1 aliphatic rings. The van der Waals surface area contributed by atoms with E-state index in [1.54, 1.807) is 17.7 Å². The number of hydrogen-bond acceptors (Lipinski definition) is 5. The van der Waals surface area contributed by atoms with Gasteiger partial charge >= 0.3 is 0 Å². The third-order valence-electron chi connectivity index (χ3n) is 5.25. The van der Waals surface area contributed by atoms with Crippen LogP contribution in [0.5, 0.6) is 5.75 Å². The van der Waals surface area contributed by atoms with Gasteiger partial charge in [0.2, 0.25) is 5.91 Å². The van der Waals surface area contributed by atoms with Gasteiger partial charge in [-0.1, -0.05) is 29.8 Å². The van der Waals surface area contributed by atoms with E-state index in [0.717, 1.165) is 41.3 Å². The van der Waals surface area contributed by atoms with Gasteiger partial charge < -0.3 is 15.0 Å². The van der Waals surface area contributed by atoms with Crippen LogP contribution in [0.2, 0.25) is 5.15 Å². The molecule has 8 heteroatoms. The number of carbonyl (C=O) groups is 1. The van der Waals surface area contributed by atoms with E-state index in [-0.39, 0.29) is 11.9 Å². The van der Waals surface area contributed by atoms with E-state index in [4.69, 9.17) is 16.3 Å². The highest BCUT2D eigenvalue weighted by Crippen LogP contribution is 2.23. The van der Waals surface area contributed by atoms with Crippen molar-refractivity contribution >= 4 is 29.0 Å². The number of aryl methyl sites for hydroxylation is 1. The summed E-state index contributed by atoms with van der Waals surface area (Å²) < 4.78 is 7.14. The molecule has 4 rings (SSSR count). The lowest BCUT2D eigenvalue weighted by atomic mass is 10.0. The summed E-state index contributed by atoms with van der Waals surface area (Å²) in [6.07, 6.45) is 2.08. The number of halogens is 1. The van der Waals surface area contributed by atoms with Crippen LogP contribution in [0.4, 0.5) is 5.82 Å². The number of benzene rings is 1. The first kappa shape index (κ1) is 19.5. The number of anilines is 1. The average Bonchev–Trinajstić information content (AvgIpc) is 3.09. The minimum Gasteiger partial charge on any atom is -0.496 e. The largest absolute Gasteiger partial charge is 0.496 e. The van der Waals surface area contributed by atoms with Crippen LogP contribution >= 0.6 is 11.6 Å².